The predicted octanol–water partition coefficient (Wildman–Crippen LogP) is 1.82. The fourth-order valence-corrected chi connectivity index (χ4v) is 2.84. The number of nitrogens with zero attached hydrogens (tertiary/aromatic N) is 2. The predicted molar refractivity (Wildman–Crippen MR) is 111 cm³/mol. The van der Waals surface area contributed by atoms with E-state index in [-0.39, 0.29) is 24.4 Å². The van der Waals surface area contributed by atoms with E-state index < -0.39 is 35.0 Å². The van der Waals surface area contributed by atoms with Crippen LogP contribution in [0, 0.1) is 11.6 Å². The third kappa shape index (κ3) is 5.54. The minimum absolute atomic E-state index is 0.0428. The maximum atomic E-state index is 13.6. The quantitative estimate of drug-likeness (QED) is 0.554. The second-order valence-electron chi connectivity index (χ2n) is 6.64. The van der Waals surface area contributed by atoms with Gasteiger partial charge in [0.05, 0.1) is 6.54 Å². The number of carbonyl (C=O) groups excluding carboxylic acids is 2. The molecule has 1 unspecified atom stereocenters. The Balaban J connectivity index is 1.75. The Kier molecular flexibility index (Phi) is 7.27. The first-order valence-electron chi connectivity index (χ1n) is 9.62. The summed E-state index contributed by atoms with van der Waals surface area (Å²) < 4.78 is 33.5. The van der Waals surface area contributed by atoms with Gasteiger partial charge in [-0.05, 0) is 35.9 Å². The number of likely N-dealkylation sites (N-methyl/N-ethyl adjacent to an activating group) is 1. The van der Waals surface area contributed by atoms with Crippen molar-refractivity contribution in [2.75, 3.05) is 13.7 Å². The number of rotatable bonds is 8. The van der Waals surface area contributed by atoms with Crippen LogP contribution in [0.4, 0.5) is 8.78 Å². The summed E-state index contributed by atoms with van der Waals surface area (Å²) >= 11 is 0. The molecule has 32 heavy (non-hydrogen) atoms. The number of halogens is 2. The Bertz CT molecular complexity index is 1170. The Hall–Kier alpha value is -4.08. The Morgan fingerprint density at radius 2 is 1.81 bits per heavy atom. The molecule has 3 rings (SSSR count). The Morgan fingerprint density at radius 3 is 2.50 bits per heavy atom. The molecule has 1 aromatic heterocycles. The van der Waals surface area contributed by atoms with Crippen LogP contribution in [0.1, 0.15) is 22.1 Å². The molecule has 166 valence electrons. The van der Waals surface area contributed by atoms with E-state index in [0.29, 0.717) is 5.75 Å². The Morgan fingerprint density at radius 1 is 1.06 bits per heavy atom. The summed E-state index contributed by atoms with van der Waals surface area (Å²) in [5.74, 6) is -3.04. The van der Waals surface area contributed by atoms with Gasteiger partial charge in [-0.2, -0.15) is 5.10 Å². The highest BCUT2D eigenvalue weighted by atomic mass is 19.2. The van der Waals surface area contributed by atoms with Gasteiger partial charge in [-0.3, -0.25) is 14.4 Å². The normalized spacial score (nSPS) is 11.5. The van der Waals surface area contributed by atoms with Gasteiger partial charge < -0.3 is 15.4 Å². The summed E-state index contributed by atoms with van der Waals surface area (Å²) in [4.78, 5) is 37.0. The van der Waals surface area contributed by atoms with Gasteiger partial charge in [0.1, 0.15) is 24.1 Å². The molecule has 0 aliphatic carbocycles. The van der Waals surface area contributed by atoms with Crippen LogP contribution < -0.4 is 20.9 Å². The van der Waals surface area contributed by atoms with E-state index in [1.54, 1.807) is 24.3 Å². The van der Waals surface area contributed by atoms with Crippen molar-refractivity contribution >= 4 is 11.8 Å². The molecular formula is C22H20F2N4O4. The average Bonchev–Trinajstić information content (AvgIpc) is 2.80. The molecule has 0 aliphatic rings. The fraction of sp³-hybridized carbons (Fsp3) is 0.182. The van der Waals surface area contributed by atoms with Gasteiger partial charge in [0.2, 0.25) is 5.91 Å². The number of hydrogen-bond donors (Lipinski definition) is 2. The minimum Gasteiger partial charge on any atom is -0.492 e. The number of benzene rings is 2. The third-order valence-electron chi connectivity index (χ3n) is 4.48. The molecule has 1 heterocycles. The van der Waals surface area contributed by atoms with Crippen molar-refractivity contribution in [2.45, 2.75) is 12.6 Å². The van der Waals surface area contributed by atoms with Crippen LogP contribution in [0.2, 0.25) is 0 Å². The van der Waals surface area contributed by atoms with Crippen LogP contribution in [0.3, 0.4) is 0 Å². The van der Waals surface area contributed by atoms with Crippen molar-refractivity contribution in [2.24, 2.45) is 0 Å². The first kappa shape index (κ1) is 22.6. The summed E-state index contributed by atoms with van der Waals surface area (Å²) in [5, 5.41) is 8.80. The number of nitrogens with one attached hydrogen (secondary N) is 2. The summed E-state index contributed by atoms with van der Waals surface area (Å²) in [6, 6.07) is 12.9. The van der Waals surface area contributed by atoms with Gasteiger partial charge in [-0.25, -0.2) is 13.5 Å². The number of amides is 2. The number of para-hydroxylation sites is 1. The molecule has 1 atom stereocenters. The maximum absolute atomic E-state index is 13.6. The topological polar surface area (TPSA) is 102 Å². The van der Waals surface area contributed by atoms with Crippen LogP contribution in [-0.2, 0) is 11.3 Å². The smallest absolute Gasteiger partial charge is 0.272 e. The van der Waals surface area contributed by atoms with Crippen molar-refractivity contribution in [3.8, 4) is 5.75 Å². The van der Waals surface area contributed by atoms with E-state index in [9.17, 15) is 23.2 Å². The average molecular weight is 442 g/mol. The van der Waals surface area contributed by atoms with Gasteiger partial charge in [-0.15, -0.1) is 0 Å². The largest absolute Gasteiger partial charge is 0.492 e. The molecule has 0 saturated heterocycles. The number of hydrogen-bond acceptors (Lipinski definition) is 5. The molecule has 8 nitrogen and oxygen atoms in total. The zero-order valence-corrected chi connectivity index (χ0v) is 17.0. The van der Waals surface area contributed by atoms with E-state index in [1.807, 2.05) is 6.07 Å². The second kappa shape index (κ2) is 10.3. The van der Waals surface area contributed by atoms with Gasteiger partial charge in [-0.1, -0.05) is 24.3 Å². The third-order valence-corrected chi connectivity index (χ3v) is 4.48. The number of carbonyl (C=O) groups is 2. The monoisotopic (exact) mass is 442 g/mol. The van der Waals surface area contributed by atoms with Gasteiger partial charge in [0.15, 0.2) is 11.6 Å². The highest BCUT2D eigenvalue weighted by Gasteiger charge is 2.24. The molecule has 0 bridgehead atoms. The molecular weight excluding hydrogens is 422 g/mol. The Labute approximate surface area is 181 Å². The molecule has 2 N–H and O–H groups in total. The lowest BCUT2D eigenvalue weighted by Gasteiger charge is -2.18. The summed E-state index contributed by atoms with van der Waals surface area (Å²) in [6.07, 6.45) is 0. The molecule has 2 amide bonds. The summed E-state index contributed by atoms with van der Waals surface area (Å²) in [5.41, 5.74) is -0.538. The lowest BCUT2D eigenvalue weighted by Crippen LogP contribution is -2.40. The van der Waals surface area contributed by atoms with Gasteiger partial charge >= 0.3 is 0 Å². The van der Waals surface area contributed by atoms with Crippen molar-refractivity contribution < 1.29 is 23.1 Å². The molecule has 0 fully saturated rings. The van der Waals surface area contributed by atoms with Crippen LogP contribution in [-0.4, -0.2) is 35.2 Å². The van der Waals surface area contributed by atoms with Crippen molar-refractivity contribution in [3.05, 3.63) is 93.9 Å². The summed E-state index contributed by atoms with van der Waals surface area (Å²) in [7, 11) is 1.34. The zero-order valence-electron chi connectivity index (χ0n) is 17.0. The van der Waals surface area contributed by atoms with E-state index in [1.165, 1.54) is 19.2 Å². The summed E-state index contributed by atoms with van der Waals surface area (Å²) in [6.45, 7) is 0.217. The lowest BCUT2D eigenvalue weighted by atomic mass is 10.1. The first-order chi connectivity index (χ1) is 15.4. The fourth-order valence-electron chi connectivity index (χ4n) is 2.84. The SMILES string of the molecule is CNC(=O)C(NC(=O)c1ccc(=O)n(CCOc2ccccc2)n1)c1ccc(F)c(F)c1. The van der Waals surface area contributed by atoms with Crippen LogP contribution in [0.5, 0.6) is 5.75 Å². The molecule has 3 aromatic rings. The molecule has 0 spiro atoms. The first-order valence-corrected chi connectivity index (χ1v) is 9.62. The van der Waals surface area contributed by atoms with E-state index in [0.717, 1.165) is 22.9 Å². The highest BCUT2D eigenvalue weighted by Crippen LogP contribution is 2.17. The van der Waals surface area contributed by atoms with Crippen LogP contribution in [0.25, 0.3) is 0 Å². The molecule has 0 radical (unpaired) electrons. The zero-order chi connectivity index (χ0) is 23.1. The maximum Gasteiger partial charge on any atom is 0.272 e. The van der Waals surface area contributed by atoms with Crippen LogP contribution >= 0.6 is 0 Å². The number of ether oxygens (including phenoxy) is 1. The van der Waals surface area contributed by atoms with E-state index in [4.69, 9.17) is 4.74 Å². The van der Waals surface area contributed by atoms with Crippen molar-refractivity contribution in [1.82, 2.24) is 20.4 Å². The minimum atomic E-state index is -1.30. The molecule has 0 aliphatic heterocycles. The van der Waals surface area contributed by atoms with Crippen molar-refractivity contribution in [3.63, 3.8) is 0 Å². The van der Waals surface area contributed by atoms with Crippen molar-refractivity contribution in [1.29, 1.82) is 0 Å². The number of aromatic nitrogens is 2. The standard InChI is InChI=1S/C22H20F2N4O4/c1-25-22(31)20(14-7-8-16(23)17(24)13-14)26-21(30)18-9-10-19(29)28(27-18)11-12-32-15-5-3-2-4-6-15/h2-10,13,20H,11-12H2,1H3,(H,25,31)(H,26,30). The van der Waals surface area contributed by atoms with E-state index in [2.05, 4.69) is 15.7 Å². The second-order valence-corrected chi connectivity index (χ2v) is 6.64. The molecule has 0 saturated carbocycles. The van der Waals surface area contributed by atoms with Crippen LogP contribution in [0.15, 0.2) is 65.5 Å². The highest BCUT2D eigenvalue weighted by molar-refractivity contribution is 5.96. The molecule has 2 aromatic carbocycles. The molecule has 10 heteroatoms. The van der Waals surface area contributed by atoms with Gasteiger partial charge in [0.25, 0.3) is 11.5 Å². The van der Waals surface area contributed by atoms with Gasteiger partial charge in [0, 0.05) is 13.1 Å². The van der Waals surface area contributed by atoms with E-state index >= 15 is 0 Å². The lowest BCUT2D eigenvalue weighted by molar-refractivity contribution is -0.122.